The van der Waals surface area contributed by atoms with Crippen molar-refractivity contribution in [2.45, 2.75) is 19.9 Å². The number of amides is 2. The van der Waals surface area contributed by atoms with Gasteiger partial charge in [-0.25, -0.2) is 0 Å². The standard InChI is InChI=1S/C26H29N3O2S/c1-19-23(18-29-13-15-32-16-14-29)7-4-8-24(19)28-25(30)11-12-27-26(31)22-10-9-20-5-2-3-6-21(20)17-22/h2-10,17H,11-16,18H2,1H3,(H,27,31)(H,28,30). The van der Waals surface area contributed by atoms with Crippen LogP contribution in [0.1, 0.15) is 27.9 Å². The van der Waals surface area contributed by atoms with Gasteiger partial charge < -0.3 is 10.6 Å². The van der Waals surface area contributed by atoms with Crippen molar-refractivity contribution >= 4 is 40.0 Å². The van der Waals surface area contributed by atoms with E-state index in [-0.39, 0.29) is 18.2 Å². The fraction of sp³-hybridized carbons (Fsp3) is 0.308. The van der Waals surface area contributed by atoms with Gasteiger partial charge in [0.15, 0.2) is 0 Å². The van der Waals surface area contributed by atoms with Gasteiger partial charge in [0.05, 0.1) is 0 Å². The quantitative estimate of drug-likeness (QED) is 0.562. The lowest BCUT2D eigenvalue weighted by Crippen LogP contribution is -2.32. The molecule has 0 unspecified atom stereocenters. The number of hydrogen-bond acceptors (Lipinski definition) is 4. The number of benzene rings is 3. The summed E-state index contributed by atoms with van der Waals surface area (Å²) < 4.78 is 0. The molecule has 3 aromatic carbocycles. The Morgan fingerprint density at radius 3 is 2.56 bits per heavy atom. The van der Waals surface area contributed by atoms with Crippen molar-refractivity contribution in [2.75, 3.05) is 36.5 Å². The molecule has 6 heteroatoms. The van der Waals surface area contributed by atoms with E-state index >= 15 is 0 Å². The molecular formula is C26H29N3O2S. The van der Waals surface area contributed by atoms with E-state index in [9.17, 15) is 9.59 Å². The Morgan fingerprint density at radius 1 is 0.969 bits per heavy atom. The molecule has 0 bridgehead atoms. The monoisotopic (exact) mass is 447 g/mol. The Hall–Kier alpha value is -2.83. The highest BCUT2D eigenvalue weighted by atomic mass is 32.2. The summed E-state index contributed by atoms with van der Waals surface area (Å²) in [4.78, 5) is 27.4. The first kappa shape index (κ1) is 22.4. The molecule has 5 nitrogen and oxygen atoms in total. The van der Waals surface area contributed by atoms with Gasteiger partial charge in [-0.3, -0.25) is 14.5 Å². The number of hydrogen-bond donors (Lipinski definition) is 2. The first-order chi connectivity index (χ1) is 15.6. The van der Waals surface area contributed by atoms with E-state index < -0.39 is 0 Å². The molecular weight excluding hydrogens is 418 g/mol. The molecule has 3 aromatic rings. The summed E-state index contributed by atoms with van der Waals surface area (Å²) in [6.07, 6.45) is 0.229. The predicted molar refractivity (Wildman–Crippen MR) is 133 cm³/mol. The summed E-state index contributed by atoms with van der Waals surface area (Å²) in [5.74, 6) is 2.10. The predicted octanol–water partition coefficient (Wildman–Crippen LogP) is 4.46. The van der Waals surface area contributed by atoms with Crippen molar-refractivity contribution in [3.8, 4) is 0 Å². The van der Waals surface area contributed by atoms with E-state index in [1.807, 2.05) is 66.4 Å². The second kappa shape index (κ2) is 10.7. The molecule has 1 aliphatic rings. The molecule has 0 spiro atoms. The maximum absolute atomic E-state index is 12.5. The highest BCUT2D eigenvalue weighted by Gasteiger charge is 2.14. The lowest BCUT2D eigenvalue weighted by molar-refractivity contribution is -0.116. The molecule has 2 N–H and O–H groups in total. The Labute approximate surface area is 193 Å². The van der Waals surface area contributed by atoms with Crippen molar-refractivity contribution in [3.05, 3.63) is 77.4 Å². The minimum absolute atomic E-state index is 0.0987. The normalized spacial score (nSPS) is 14.3. The smallest absolute Gasteiger partial charge is 0.251 e. The van der Waals surface area contributed by atoms with Gasteiger partial charge in [-0.05, 0) is 47.0 Å². The van der Waals surface area contributed by atoms with Gasteiger partial charge >= 0.3 is 0 Å². The number of carbonyl (C=O) groups is 2. The maximum atomic E-state index is 12.5. The molecule has 0 radical (unpaired) electrons. The minimum Gasteiger partial charge on any atom is -0.352 e. The molecule has 0 saturated carbocycles. The molecule has 1 saturated heterocycles. The van der Waals surface area contributed by atoms with Crippen LogP contribution in [0.15, 0.2) is 60.7 Å². The van der Waals surface area contributed by atoms with Crippen LogP contribution >= 0.6 is 11.8 Å². The van der Waals surface area contributed by atoms with Gasteiger partial charge in [0.2, 0.25) is 5.91 Å². The van der Waals surface area contributed by atoms with E-state index in [1.165, 1.54) is 17.1 Å². The van der Waals surface area contributed by atoms with Crippen molar-refractivity contribution in [2.24, 2.45) is 0 Å². The highest BCUT2D eigenvalue weighted by Crippen LogP contribution is 2.22. The van der Waals surface area contributed by atoms with E-state index in [2.05, 4.69) is 28.5 Å². The number of thioether (sulfide) groups is 1. The Balaban J connectivity index is 1.29. The number of rotatable bonds is 7. The van der Waals surface area contributed by atoms with Crippen LogP contribution in [-0.2, 0) is 11.3 Å². The number of carbonyl (C=O) groups excluding carboxylic acids is 2. The summed E-state index contributed by atoms with van der Waals surface area (Å²) in [7, 11) is 0. The summed E-state index contributed by atoms with van der Waals surface area (Å²) >= 11 is 2.00. The molecule has 0 aromatic heterocycles. The van der Waals surface area contributed by atoms with E-state index in [1.54, 1.807) is 0 Å². The summed E-state index contributed by atoms with van der Waals surface area (Å²) in [6, 6.07) is 19.6. The molecule has 0 atom stereocenters. The summed E-state index contributed by atoms with van der Waals surface area (Å²) in [5.41, 5.74) is 3.81. The van der Waals surface area contributed by atoms with Crippen LogP contribution in [0.2, 0.25) is 0 Å². The van der Waals surface area contributed by atoms with Gasteiger partial charge in [0.25, 0.3) is 5.91 Å². The van der Waals surface area contributed by atoms with Crippen LogP contribution in [0, 0.1) is 6.92 Å². The third-order valence-corrected chi connectivity index (χ3v) is 6.81. The first-order valence-electron chi connectivity index (χ1n) is 11.1. The lowest BCUT2D eigenvalue weighted by atomic mass is 10.1. The van der Waals surface area contributed by atoms with Crippen molar-refractivity contribution < 1.29 is 9.59 Å². The third-order valence-electron chi connectivity index (χ3n) is 5.87. The maximum Gasteiger partial charge on any atom is 0.251 e. The minimum atomic E-state index is -0.165. The van der Waals surface area contributed by atoms with Gasteiger partial charge in [0.1, 0.15) is 0 Å². The second-order valence-electron chi connectivity index (χ2n) is 8.09. The van der Waals surface area contributed by atoms with Crippen molar-refractivity contribution in [1.29, 1.82) is 0 Å². The van der Waals surface area contributed by atoms with Crippen LogP contribution in [0.5, 0.6) is 0 Å². The molecule has 166 valence electrons. The molecule has 32 heavy (non-hydrogen) atoms. The van der Waals surface area contributed by atoms with Gasteiger partial charge in [-0.1, -0.05) is 42.5 Å². The number of fused-ring (bicyclic) bond motifs is 1. The molecule has 1 aliphatic heterocycles. The van der Waals surface area contributed by atoms with Gasteiger partial charge in [-0.2, -0.15) is 11.8 Å². The van der Waals surface area contributed by atoms with E-state index in [0.717, 1.165) is 41.7 Å². The number of nitrogens with one attached hydrogen (secondary N) is 2. The third kappa shape index (κ3) is 5.69. The number of nitrogens with zero attached hydrogens (tertiary/aromatic N) is 1. The zero-order valence-corrected chi connectivity index (χ0v) is 19.2. The number of anilines is 1. The highest BCUT2D eigenvalue weighted by molar-refractivity contribution is 7.99. The van der Waals surface area contributed by atoms with Crippen LogP contribution in [-0.4, -0.2) is 47.9 Å². The fourth-order valence-corrected chi connectivity index (χ4v) is 4.90. The molecule has 1 fully saturated rings. The van der Waals surface area contributed by atoms with Gasteiger partial charge in [0, 0.05) is 55.4 Å². The van der Waals surface area contributed by atoms with E-state index in [0.29, 0.717) is 12.1 Å². The topological polar surface area (TPSA) is 61.4 Å². The second-order valence-corrected chi connectivity index (χ2v) is 9.32. The Kier molecular flexibility index (Phi) is 7.45. The Bertz CT molecular complexity index is 1110. The van der Waals surface area contributed by atoms with Crippen LogP contribution in [0.3, 0.4) is 0 Å². The zero-order valence-electron chi connectivity index (χ0n) is 18.4. The summed E-state index contributed by atoms with van der Waals surface area (Å²) in [5, 5.41) is 7.99. The first-order valence-corrected chi connectivity index (χ1v) is 12.2. The van der Waals surface area contributed by atoms with E-state index in [4.69, 9.17) is 0 Å². The van der Waals surface area contributed by atoms with Crippen molar-refractivity contribution in [1.82, 2.24) is 10.2 Å². The molecule has 1 heterocycles. The fourth-order valence-electron chi connectivity index (χ4n) is 3.93. The summed E-state index contributed by atoms with van der Waals surface area (Å²) in [6.45, 7) is 5.49. The zero-order chi connectivity index (χ0) is 22.3. The van der Waals surface area contributed by atoms with Gasteiger partial charge in [-0.15, -0.1) is 0 Å². The average Bonchev–Trinajstić information content (AvgIpc) is 2.82. The average molecular weight is 448 g/mol. The largest absolute Gasteiger partial charge is 0.352 e. The molecule has 0 aliphatic carbocycles. The lowest BCUT2D eigenvalue weighted by Gasteiger charge is -2.27. The Morgan fingerprint density at radius 2 is 1.75 bits per heavy atom. The molecule has 4 rings (SSSR count). The molecule has 2 amide bonds. The van der Waals surface area contributed by atoms with Crippen molar-refractivity contribution in [3.63, 3.8) is 0 Å². The van der Waals surface area contributed by atoms with Crippen LogP contribution in [0.25, 0.3) is 10.8 Å². The SMILES string of the molecule is Cc1c(CN2CCSCC2)cccc1NC(=O)CCNC(=O)c1ccc2ccccc2c1. The van der Waals surface area contributed by atoms with Crippen LogP contribution in [0.4, 0.5) is 5.69 Å². The van der Waals surface area contributed by atoms with Crippen LogP contribution < -0.4 is 10.6 Å².